The number of imidazole rings is 1. The van der Waals surface area contributed by atoms with Crippen LogP contribution >= 0.6 is 11.6 Å². The summed E-state index contributed by atoms with van der Waals surface area (Å²) in [5.41, 5.74) is 0.636. The number of nitrogens with one attached hydrogen (secondary N) is 1. The van der Waals surface area contributed by atoms with Crippen molar-refractivity contribution >= 4 is 23.0 Å². The Balaban J connectivity index is 2.07. The van der Waals surface area contributed by atoms with Crippen molar-refractivity contribution in [1.29, 1.82) is 0 Å². The lowest BCUT2D eigenvalue weighted by molar-refractivity contribution is -0.384. The molecule has 1 N–H and O–H groups in total. The molecule has 1 heterocycles. The SMILES string of the molecule is CCCn1ccnc1CNc1ccc([N+](=O)[O-])cc1Cl. The van der Waals surface area contributed by atoms with E-state index in [9.17, 15) is 10.1 Å². The number of nitrogens with zero attached hydrogens (tertiary/aromatic N) is 3. The lowest BCUT2D eigenvalue weighted by atomic mass is 10.3. The number of benzene rings is 1. The Hall–Kier alpha value is -2.08. The molecule has 6 nitrogen and oxygen atoms in total. The van der Waals surface area contributed by atoms with Gasteiger partial charge < -0.3 is 9.88 Å². The number of nitro benzene ring substituents is 1. The third-order valence-corrected chi connectivity index (χ3v) is 3.18. The van der Waals surface area contributed by atoms with E-state index in [0.29, 0.717) is 17.3 Å². The Morgan fingerprint density at radius 3 is 2.95 bits per heavy atom. The van der Waals surface area contributed by atoms with E-state index in [1.165, 1.54) is 12.1 Å². The van der Waals surface area contributed by atoms with Crippen molar-refractivity contribution in [3.63, 3.8) is 0 Å². The number of nitro groups is 1. The predicted octanol–water partition coefficient (Wildman–Crippen LogP) is 3.47. The van der Waals surface area contributed by atoms with E-state index in [-0.39, 0.29) is 5.69 Å². The smallest absolute Gasteiger partial charge is 0.271 e. The minimum Gasteiger partial charge on any atom is -0.377 e. The van der Waals surface area contributed by atoms with Crippen LogP contribution in [0.3, 0.4) is 0 Å². The van der Waals surface area contributed by atoms with E-state index in [0.717, 1.165) is 18.8 Å². The second kappa shape index (κ2) is 6.38. The number of non-ortho nitro benzene ring substituents is 1. The molecule has 1 aromatic carbocycles. The van der Waals surface area contributed by atoms with E-state index >= 15 is 0 Å². The number of halogens is 1. The molecule has 0 bridgehead atoms. The molecule has 0 saturated carbocycles. The van der Waals surface area contributed by atoms with Crippen molar-refractivity contribution in [3.05, 3.63) is 51.6 Å². The van der Waals surface area contributed by atoms with Gasteiger partial charge >= 0.3 is 0 Å². The maximum absolute atomic E-state index is 10.6. The summed E-state index contributed by atoms with van der Waals surface area (Å²) >= 11 is 6.02. The summed E-state index contributed by atoms with van der Waals surface area (Å²) in [6, 6.07) is 4.36. The number of hydrogen-bond donors (Lipinski definition) is 1. The molecular weight excluding hydrogens is 280 g/mol. The summed E-state index contributed by atoms with van der Waals surface area (Å²) in [5.74, 6) is 0.904. The first-order valence-corrected chi connectivity index (χ1v) is 6.67. The highest BCUT2D eigenvalue weighted by Gasteiger charge is 2.10. The van der Waals surface area contributed by atoms with Crippen molar-refractivity contribution in [2.45, 2.75) is 26.4 Å². The summed E-state index contributed by atoms with van der Waals surface area (Å²) in [4.78, 5) is 14.4. The highest BCUT2D eigenvalue weighted by molar-refractivity contribution is 6.33. The third-order valence-electron chi connectivity index (χ3n) is 2.87. The summed E-state index contributed by atoms with van der Waals surface area (Å²) in [6.45, 7) is 3.53. The number of anilines is 1. The summed E-state index contributed by atoms with van der Waals surface area (Å²) in [7, 11) is 0. The van der Waals surface area contributed by atoms with E-state index < -0.39 is 4.92 Å². The second-order valence-corrected chi connectivity index (χ2v) is 4.72. The fraction of sp³-hybridized carbons (Fsp3) is 0.308. The van der Waals surface area contributed by atoms with E-state index in [1.807, 2.05) is 6.20 Å². The fourth-order valence-electron chi connectivity index (χ4n) is 1.89. The van der Waals surface area contributed by atoms with Crippen LogP contribution in [-0.4, -0.2) is 14.5 Å². The lowest BCUT2D eigenvalue weighted by Crippen LogP contribution is -2.08. The normalized spacial score (nSPS) is 10.5. The Kier molecular flexibility index (Phi) is 4.57. The Morgan fingerprint density at radius 2 is 2.30 bits per heavy atom. The number of hydrogen-bond acceptors (Lipinski definition) is 4. The molecule has 0 aliphatic heterocycles. The van der Waals surface area contributed by atoms with Gasteiger partial charge in [-0.25, -0.2) is 4.98 Å². The molecule has 2 aromatic rings. The van der Waals surface area contributed by atoms with Crippen molar-refractivity contribution in [2.75, 3.05) is 5.32 Å². The van der Waals surface area contributed by atoms with Gasteiger partial charge in [0, 0.05) is 31.1 Å². The van der Waals surface area contributed by atoms with Gasteiger partial charge in [0.05, 0.1) is 22.2 Å². The van der Waals surface area contributed by atoms with Gasteiger partial charge in [-0.3, -0.25) is 10.1 Å². The Labute approximate surface area is 121 Å². The van der Waals surface area contributed by atoms with Crippen molar-refractivity contribution in [3.8, 4) is 0 Å². The largest absolute Gasteiger partial charge is 0.377 e. The van der Waals surface area contributed by atoms with Gasteiger partial charge in [-0.2, -0.15) is 0 Å². The molecule has 2 rings (SSSR count). The molecule has 0 aliphatic carbocycles. The van der Waals surface area contributed by atoms with Gasteiger partial charge in [-0.15, -0.1) is 0 Å². The first kappa shape index (κ1) is 14.3. The molecule has 0 saturated heterocycles. The summed E-state index contributed by atoms with van der Waals surface area (Å²) in [6.07, 6.45) is 4.71. The van der Waals surface area contributed by atoms with Gasteiger partial charge in [0.15, 0.2) is 0 Å². The van der Waals surface area contributed by atoms with Crippen LogP contribution in [0.25, 0.3) is 0 Å². The van der Waals surface area contributed by atoms with Crippen LogP contribution in [0.2, 0.25) is 5.02 Å². The third kappa shape index (κ3) is 3.27. The highest BCUT2D eigenvalue weighted by atomic mass is 35.5. The molecule has 0 amide bonds. The Bertz CT molecular complexity index is 612. The van der Waals surface area contributed by atoms with Gasteiger partial charge in [-0.1, -0.05) is 18.5 Å². The predicted molar refractivity (Wildman–Crippen MR) is 78.0 cm³/mol. The molecule has 0 radical (unpaired) electrons. The van der Waals surface area contributed by atoms with Crippen LogP contribution in [0.5, 0.6) is 0 Å². The molecule has 0 atom stereocenters. The first-order valence-electron chi connectivity index (χ1n) is 6.29. The number of aromatic nitrogens is 2. The van der Waals surface area contributed by atoms with Crippen LogP contribution in [0.1, 0.15) is 19.2 Å². The van der Waals surface area contributed by atoms with Gasteiger partial charge in [0.25, 0.3) is 5.69 Å². The zero-order valence-electron chi connectivity index (χ0n) is 11.0. The van der Waals surface area contributed by atoms with Gasteiger partial charge in [-0.05, 0) is 12.5 Å². The van der Waals surface area contributed by atoms with Crippen LogP contribution in [0.4, 0.5) is 11.4 Å². The highest BCUT2D eigenvalue weighted by Crippen LogP contribution is 2.26. The zero-order valence-corrected chi connectivity index (χ0v) is 11.8. The van der Waals surface area contributed by atoms with Crippen molar-refractivity contribution in [1.82, 2.24) is 9.55 Å². The lowest BCUT2D eigenvalue weighted by Gasteiger charge is -2.10. The van der Waals surface area contributed by atoms with Gasteiger partial charge in [0.1, 0.15) is 5.82 Å². The molecule has 1 aromatic heterocycles. The average Bonchev–Trinajstić information content (AvgIpc) is 2.85. The van der Waals surface area contributed by atoms with Crippen LogP contribution < -0.4 is 5.32 Å². The number of rotatable bonds is 6. The zero-order chi connectivity index (χ0) is 14.5. The number of aryl methyl sites for hydroxylation is 1. The second-order valence-electron chi connectivity index (χ2n) is 4.31. The maximum Gasteiger partial charge on any atom is 0.271 e. The van der Waals surface area contributed by atoms with Crippen molar-refractivity contribution in [2.24, 2.45) is 0 Å². The first-order chi connectivity index (χ1) is 9.61. The van der Waals surface area contributed by atoms with E-state index in [4.69, 9.17) is 11.6 Å². The van der Waals surface area contributed by atoms with E-state index in [1.54, 1.807) is 12.3 Å². The van der Waals surface area contributed by atoms with E-state index in [2.05, 4.69) is 21.8 Å². The minimum atomic E-state index is -0.469. The van der Waals surface area contributed by atoms with Gasteiger partial charge in [0.2, 0.25) is 0 Å². The summed E-state index contributed by atoms with van der Waals surface area (Å²) < 4.78 is 2.06. The fourth-order valence-corrected chi connectivity index (χ4v) is 2.13. The molecular formula is C13H15ClN4O2. The van der Waals surface area contributed by atoms with Crippen LogP contribution in [0, 0.1) is 10.1 Å². The van der Waals surface area contributed by atoms with Crippen LogP contribution in [-0.2, 0) is 13.1 Å². The molecule has 0 aliphatic rings. The monoisotopic (exact) mass is 294 g/mol. The minimum absolute atomic E-state index is 0.0203. The molecule has 7 heteroatoms. The Morgan fingerprint density at radius 1 is 1.50 bits per heavy atom. The maximum atomic E-state index is 10.6. The standard InChI is InChI=1S/C13H15ClN4O2/c1-2-6-17-7-5-15-13(17)9-16-12-4-3-10(18(19)20)8-11(12)14/h3-5,7-8,16H,2,6,9H2,1H3. The molecule has 20 heavy (non-hydrogen) atoms. The average molecular weight is 295 g/mol. The topological polar surface area (TPSA) is 73.0 Å². The van der Waals surface area contributed by atoms with Crippen LogP contribution in [0.15, 0.2) is 30.6 Å². The molecule has 0 unspecified atom stereocenters. The molecule has 0 fully saturated rings. The quantitative estimate of drug-likeness (QED) is 0.654. The summed E-state index contributed by atoms with van der Waals surface area (Å²) in [5, 5.41) is 14.1. The molecule has 0 spiro atoms. The van der Waals surface area contributed by atoms with Crippen molar-refractivity contribution < 1.29 is 4.92 Å². The molecule has 106 valence electrons.